The van der Waals surface area contributed by atoms with E-state index in [2.05, 4.69) is 176 Å². The minimum Gasteiger partial charge on any atom is -0.208 e. The molecule has 1 aromatic heterocycles. The zero-order chi connectivity index (χ0) is 36.3. The van der Waals surface area contributed by atoms with E-state index in [0.717, 1.165) is 27.8 Å². The summed E-state index contributed by atoms with van der Waals surface area (Å²) in [4.78, 5) is 15.6. The summed E-state index contributed by atoms with van der Waals surface area (Å²) in [5, 5.41) is 0. The van der Waals surface area contributed by atoms with Crippen molar-refractivity contribution in [2.75, 3.05) is 0 Å². The maximum absolute atomic E-state index is 5.26. The van der Waals surface area contributed by atoms with Gasteiger partial charge < -0.3 is 0 Å². The number of hydrogen-bond donors (Lipinski definition) is 0. The molecule has 0 saturated carbocycles. The van der Waals surface area contributed by atoms with Gasteiger partial charge in [0.25, 0.3) is 0 Å². The molecule has 0 amide bonds. The third-order valence-electron chi connectivity index (χ3n) is 11.4. The Morgan fingerprint density at radius 1 is 0.236 bits per heavy atom. The van der Waals surface area contributed by atoms with Gasteiger partial charge in [-0.15, -0.1) is 0 Å². The van der Waals surface area contributed by atoms with Crippen molar-refractivity contribution in [2.45, 2.75) is 5.41 Å². The third-order valence-corrected chi connectivity index (χ3v) is 11.4. The number of hydrogen-bond acceptors (Lipinski definition) is 3. The van der Waals surface area contributed by atoms with Gasteiger partial charge in [-0.3, -0.25) is 0 Å². The molecule has 11 rings (SSSR count). The normalized spacial score (nSPS) is 12.9. The van der Waals surface area contributed by atoms with Gasteiger partial charge in [-0.2, -0.15) is 0 Å². The Kier molecular flexibility index (Phi) is 7.08. The molecule has 1 heterocycles. The average Bonchev–Trinajstić information content (AvgIpc) is 3.51. The van der Waals surface area contributed by atoms with Crippen LogP contribution >= 0.6 is 0 Å². The number of nitrogens with zero attached hydrogens (tertiary/aromatic N) is 3. The Hall–Kier alpha value is -7.23. The molecule has 0 atom stereocenters. The van der Waals surface area contributed by atoms with Crippen molar-refractivity contribution in [2.24, 2.45) is 0 Å². The molecule has 2 aliphatic carbocycles. The third kappa shape index (κ3) is 4.80. The van der Waals surface area contributed by atoms with E-state index in [-0.39, 0.29) is 0 Å². The molecule has 0 saturated heterocycles. The van der Waals surface area contributed by atoms with Gasteiger partial charge in [0.15, 0.2) is 17.5 Å². The molecule has 0 radical (unpaired) electrons. The first-order chi connectivity index (χ1) is 27.3. The van der Waals surface area contributed by atoms with Gasteiger partial charge in [0.1, 0.15) is 0 Å². The van der Waals surface area contributed by atoms with E-state index < -0.39 is 5.41 Å². The molecular formula is C52H33N3. The van der Waals surface area contributed by atoms with E-state index in [1.807, 2.05) is 24.3 Å². The highest BCUT2D eigenvalue weighted by molar-refractivity contribution is 5.97. The second kappa shape index (κ2) is 12.4. The van der Waals surface area contributed by atoms with Crippen LogP contribution in [-0.4, -0.2) is 15.0 Å². The van der Waals surface area contributed by atoms with E-state index >= 15 is 0 Å². The minimum atomic E-state index is -0.587. The van der Waals surface area contributed by atoms with Gasteiger partial charge in [-0.1, -0.05) is 188 Å². The molecule has 8 aromatic carbocycles. The summed E-state index contributed by atoms with van der Waals surface area (Å²) in [6.45, 7) is 0. The molecule has 0 N–H and O–H groups in total. The highest BCUT2D eigenvalue weighted by Gasteiger charge is 2.49. The number of rotatable bonds is 4. The van der Waals surface area contributed by atoms with E-state index in [9.17, 15) is 0 Å². The van der Waals surface area contributed by atoms with Gasteiger partial charge in [-0.05, 0) is 78.9 Å². The van der Waals surface area contributed by atoms with E-state index in [1.165, 1.54) is 55.6 Å². The van der Waals surface area contributed by atoms with Crippen LogP contribution in [0.2, 0.25) is 0 Å². The van der Waals surface area contributed by atoms with Crippen LogP contribution in [0.3, 0.4) is 0 Å². The van der Waals surface area contributed by atoms with Gasteiger partial charge in [-0.25, -0.2) is 15.0 Å². The van der Waals surface area contributed by atoms with Crippen LogP contribution < -0.4 is 0 Å². The molecule has 1 spiro atoms. The van der Waals surface area contributed by atoms with Gasteiger partial charge >= 0.3 is 0 Å². The molecule has 0 fully saturated rings. The second-order valence-corrected chi connectivity index (χ2v) is 14.3. The predicted octanol–water partition coefficient (Wildman–Crippen LogP) is 12.6. The molecule has 9 aromatic rings. The Morgan fingerprint density at radius 3 is 1.18 bits per heavy atom. The van der Waals surface area contributed by atoms with Crippen LogP contribution in [0.15, 0.2) is 200 Å². The zero-order valence-corrected chi connectivity index (χ0v) is 29.9. The molecule has 0 bridgehead atoms. The highest BCUT2D eigenvalue weighted by atomic mass is 15.0. The molecule has 256 valence electrons. The maximum atomic E-state index is 5.26. The first-order valence-electron chi connectivity index (χ1n) is 18.8. The quantitative estimate of drug-likeness (QED) is 0.184. The second-order valence-electron chi connectivity index (χ2n) is 14.3. The Labute approximate surface area is 320 Å². The molecule has 0 unspecified atom stereocenters. The number of fused-ring (bicyclic) bond motifs is 12. The van der Waals surface area contributed by atoms with Crippen molar-refractivity contribution in [1.29, 1.82) is 0 Å². The fourth-order valence-electron chi connectivity index (χ4n) is 9.01. The Bertz CT molecular complexity index is 2860. The molecule has 55 heavy (non-hydrogen) atoms. The minimum absolute atomic E-state index is 0.587. The lowest BCUT2D eigenvalue weighted by Crippen LogP contribution is -2.29. The number of aromatic nitrogens is 3. The summed E-state index contributed by atoms with van der Waals surface area (Å²) in [7, 11) is 0. The summed E-state index contributed by atoms with van der Waals surface area (Å²) in [5.74, 6) is 1.92. The average molecular weight is 700 g/mol. The van der Waals surface area contributed by atoms with E-state index in [4.69, 9.17) is 15.0 Å². The summed E-state index contributed by atoms with van der Waals surface area (Å²) in [6.07, 6.45) is 0. The van der Waals surface area contributed by atoms with Crippen LogP contribution in [0.1, 0.15) is 22.3 Å². The van der Waals surface area contributed by atoms with Crippen molar-refractivity contribution in [3.63, 3.8) is 0 Å². The summed E-state index contributed by atoms with van der Waals surface area (Å²) < 4.78 is 0. The fraction of sp³-hybridized carbons (Fsp3) is 0.0192. The van der Waals surface area contributed by atoms with E-state index in [1.54, 1.807) is 0 Å². The molecule has 3 heteroatoms. The molecule has 2 aliphatic rings. The van der Waals surface area contributed by atoms with Crippen LogP contribution in [0, 0.1) is 0 Å². The van der Waals surface area contributed by atoms with Crippen LogP contribution in [0.25, 0.3) is 78.7 Å². The standard InChI is InChI=1S/C52H33N3/c1-3-16-34(17-4-1)36-20-15-21-37(32-36)50-53-49(35-18-5-2-6-19-35)54-51(55-50)38-30-31-44-43-26-11-14-29-47(43)52(48(44)33-38)45-27-12-9-24-41(45)39-22-7-8-23-40(39)42-25-10-13-28-46(42)52/h1-33H. The first-order valence-corrected chi connectivity index (χ1v) is 18.8. The van der Waals surface area contributed by atoms with Crippen molar-refractivity contribution in [3.05, 3.63) is 222 Å². The topological polar surface area (TPSA) is 38.7 Å². The van der Waals surface area contributed by atoms with Crippen molar-refractivity contribution in [1.82, 2.24) is 15.0 Å². The maximum Gasteiger partial charge on any atom is 0.164 e. The lowest BCUT2D eigenvalue weighted by atomic mass is 9.66. The van der Waals surface area contributed by atoms with Crippen LogP contribution in [0.5, 0.6) is 0 Å². The molecule has 3 nitrogen and oxygen atoms in total. The van der Waals surface area contributed by atoms with E-state index in [0.29, 0.717) is 17.5 Å². The highest BCUT2D eigenvalue weighted by Crippen LogP contribution is 2.61. The van der Waals surface area contributed by atoms with Crippen molar-refractivity contribution >= 4 is 0 Å². The van der Waals surface area contributed by atoms with Crippen molar-refractivity contribution in [3.8, 4) is 78.7 Å². The summed E-state index contributed by atoms with van der Waals surface area (Å²) in [5.41, 5.74) is 17.0. The summed E-state index contributed by atoms with van der Waals surface area (Å²) in [6, 6.07) is 71.7. The molecular weight excluding hydrogens is 667 g/mol. The van der Waals surface area contributed by atoms with Crippen LogP contribution in [0.4, 0.5) is 0 Å². The molecule has 0 aliphatic heterocycles. The Morgan fingerprint density at radius 2 is 0.618 bits per heavy atom. The fourth-order valence-corrected chi connectivity index (χ4v) is 9.01. The summed E-state index contributed by atoms with van der Waals surface area (Å²) >= 11 is 0. The smallest absolute Gasteiger partial charge is 0.164 e. The largest absolute Gasteiger partial charge is 0.208 e. The van der Waals surface area contributed by atoms with Gasteiger partial charge in [0.2, 0.25) is 0 Å². The SMILES string of the molecule is c1ccc(-c2cccc(-c3nc(-c4ccccc4)nc(-c4ccc5c(c4)C4(c6ccccc6-c6ccccc6-c6ccccc64)c4ccccc4-5)n3)c2)cc1. The van der Waals surface area contributed by atoms with Crippen LogP contribution in [-0.2, 0) is 5.41 Å². The van der Waals surface area contributed by atoms with Crippen molar-refractivity contribution < 1.29 is 0 Å². The zero-order valence-electron chi connectivity index (χ0n) is 29.9. The Balaban J connectivity index is 1.18. The first kappa shape index (κ1) is 31.3. The van der Waals surface area contributed by atoms with Gasteiger partial charge in [0.05, 0.1) is 5.41 Å². The van der Waals surface area contributed by atoms with Gasteiger partial charge in [0, 0.05) is 16.7 Å². The number of benzene rings is 8. The lowest BCUT2D eigenvalue weighted by Gasteiger charge is -2.35. The monoisotopic (exact) mass is 699 g/mol. The predicted molar refractivity (Wildman–Crippen MR) is 223 cm³/mol. The lowest BCUT2D eigenvalue weighted by molar-refractivity contribution is 0.775.